The molecule has 1 atom stereocenters. The molecule has 40 heavy (non-hydrogen) atoms. The number of rotatable bonds is 8. The van der Waals surface area contributed by atoms with Gasteiger partial charge in [-0.3, -0.25) is 4.79 Å². The molecule has 3 aromatic rings. The SMILES string of the molecule is O=C(Nc1nc2ccc(N3CCOCC3)nc2s1)[C@H](CC1CCCC1)c1ccc(S(=O)(=O)N2CCNCC2)cc1. The Morgan fingerprint density at radius 3 is 2.48 bits per heavy atom. The van der Waals surface area contributed by atoms with Crippen molar-refractivity contribution in [2.24, 2.45) is 5.92 Å². The van der Waals surface area contributed by atoms with E-state index in [1.54, 1.807) is 12.1 Å². The van der Waals surface area contributed by atoms with Crippen LogP contribution in [0, 0.1) is 5.92 Å². The number of amides is 1. The van der Waals surface area contributed by atoms with Crippen LogP contribution in [0.1, 0.15) is 43.6 Å². The average molecular weight is 585 g/mol. The predicted molar refractivity (Wildman–Crippen MR) is 156 cm³/mol. The van der Waals surface area contributed by atoms with Crippen LogP contribution in [0.2, 0.25) is 0 Å². The van der Waals surface area contributed by atoms with Crippen molar-refractivity contribution in [2.45, 2.75) is 42.9 Å². The van der Waals surface area contributed by atoms with Crippen LogP contribution in [-0.4, -0.2) is 81.1 Å². The Hall–Kier alpha value is -2.64. The number of piperazine rings is 1. The third-order valence-electron chi connectivity index (χ3n) is 8.16. The average Bonchev–Trinajstić information content (AvgIpc) is 3.66. The van der Waals surface area contributed by atoms with Crippen molar-refractivity contribution in [3.63, 3.8) is 0 Å². The van der Waals surface area contributed by atoms with Crippen molar-refractivity contribution in [1.29, 1.82) is 0 Å². The van der Waals surface area contributed by atoms with E-state index in [4.69, 9.17) is 9.72 Å². The minimum absolute atomic E-state index is 0.114. The first-order valence-electron chi connectivity index (χ1n) is 14.2. The Bertz CT molecular complexity index is 1430. The number of nitrogens with zero attached hydrogens (tertiary/aromatic N) is 4. The van der Waals surface area contributed by atoms with Gasteiger partial charge in [0.2, 0.25) is 15.9 Å². The van der Waals surface area contributed by atoms with Crippen LogP contribution in [0.25, 0.3) is 10.3 Å². The van der Waals surface area contributed by atoms with Gasteiger partial charge in [-0.15, -0.1) is 0 Å². The molecule has 1 aromatic carbocycles. The summed E-state index contributed by atoms with van der Waals surface area (Å²) in [6.07, 6.45) is 5.36. The summed E-state index contributed by atoms with van der Waals surface area (Å²) in [5, 5.41) is 6.78. The fraction of sp³-hybridized carbons (Fsp3) is 0.536. The van der Waals surface area contributed by atoms with E-state index in [1.807, 2.05) is 24.3 Å². The van der Waals surface area contributed by atoms with Crippen molar-refractivity contribution >= 4 is 48.6 Å². The molecular weight excluding hydrogens is 548 g/mol. The van der Waals surface area contributed by atoms with E-state index in [0.29, 0.717) is 50.4 Å². The van der Waals surface area contributed by atoms with E-state index in [9.17, 15) is 13.2 Å². The maximum Gasteiger partial charge on any atom is 0.243 e. The number of aromatic nitrogens is 2. The third-order valence-corrected chi connectivity index (χ3v) is 11.0. The molecule has 12 heteroatoms. The second kappa shape index (κ2) is 12.1. The van der Waals surface area contributed by atoms with Gasteiger partial charge in [-0.1, -0.05) is 49.2 Å². The minimum atomic E-state index is -3.56. The quantitative estimate of drug-likeness (QED) is 0.414. The molecule has 0 bridgehead atoms. The van der Waals surface area contributed by atoms with Crippen molar-refractivity contribution in [3.8, 4) is 0 Å². The molecule has 2 N–H and O–H groups in total. The van der Waals surface area contributed by atoms with Gasteiger partial charge in [0.05, 0.1) is 24.0 Å². The zero-order valence-electron chi connectivity index (χ0n) is 22.5. The number of benzene rings is 1. The number of ether oxygens (including phenoxy) is 1. The zero-order chi connectivity index (χ0) is 27.5. The molecule has 2 aliphatic heterocycles. The summed E-state index contributed by atoms with van der Waals surface area (Å²) >= 11 is 1.38. The highest BCUT2D eigenvalue weighted by molar-refractivity contribution is 7.89. The molecule has 214 valence electrons. The van der Waals surface area contributed by atoms with Crippen molar-refractivity contribution < 1.29 is 17.9 Å². The molecule has 1 aliphatic carbocycles. The molecule has 1 amide bonds. The Kier molecular flexibility index (Phi) is 8.31. The monoisotopic (exact) mass is 584 g/mol. The van der Waals surface area contributed by atoms with Gasteiger partial charge in [0, 0.05) is 39.3 Å². The lowest BCUT2D eigenvalue weighted by Crippen LogP contribution is -2.46. The van der Waals surface area contributed by atoms with E-state index in [2.05, 4.69) is 20.5 Å². The number of hydrogen-bond acceptors (Lipinski definition) is 9. The van der Waals surface area contributed by atoms with E-state index in [1.165, 1.54) is 28.5 Å². The van der Waals surface area contributed by atoms with Gasteiger partial charge >= 0.3 is 0 Å². The summed E-state index contributed by atoms with van der Waals surface area (Å²) in [6.45, 7) is 5.21. The number of carbonyl (C=O) groups is 1. The molecule has 0 unspecified atom stereocenters. The van der Waals surface area contributed by atoms with Crippen LogP contribution < -0.4 is 15.5 Å². The van der Waals surface area contributed by atoms with Crippen LogP contribution in [0.15, 0.2) is 41.3 Å². The van der Waals surface area contributed by atoms with Crippen molar-refractivity contribution in [2.75, 3.05) is 62.7 Å². The number of sulfonamides is 1. The minimum Gasteiger partial charge on any atom is -0.378 e. The smallest absolute Gasteiger partial charge is 0.243 e. The molecule has 2 saturated heterocycles. The molecule has 6 rings (SSSR count). The maximum absolute atomic E-state index is 13.7. The summed E-state index contributed by atoms with van der Waals surface area (Å²) in [7, 11) is -3.56. The highest BCUT2D eigenvalue weighted by Gasteiger charge is 2.30. The molecule has 3 fully saturated rings. The molecule has 0 spiro atoms. The number of hydrogen-bond donors (Lipinski definition) is 2. The van der Waals surface area contributed by atoms with Crippen LogP contribution in [0.3, 0.4) is 0 Å². The summed E-state index contributed by atoms with van der Waals surface area (Å²) in [5.74, 6) is 0.875. The molecular formula is C28H36N6O4S2. The van der Waals surface area contributed by atoms with Gasteiger partial charge in [0.1, 0.15) is 16.2 Å². The van der Waals surface area contributed by atoms with Gasteiger partial charge in [-0.05, 0) is 42.2 Å². The lowest BCUT2D eigenvalue weighted by Gasteiger charge is -2.27. The first-order valence-corrected chi connectivity index (χ1v) is 16.4. The van der Waals surface area contributed by atoms with Gasteiger partial charge < -0.3 is 20.3 Å². The number of morpholine rings is 1. The number of thiazole rings is 1. The number of pyridine rings is 1. The van der Waals surface area contributed by atoms with Crippen LogP contribution in [0.4, 0.5) is 10.9 Å². The van der Waals surface area contributed by atoms with Crippen LogP contribution in [-0.2, 0) is 19.6 Å². The van der Waals surface area contributed by atoms with Gasteiger partial charge in [-0.2, -0.15) is 4.31 Å². The maximum atomic E-state index is 13.7. The zero-order valence-corrected chi connectivity index (χ0v) is 24.2. The number of nitrogens with one attached hydrogen (secondary N) is 2. The topological polar surface area (TPSA) is 117 Å². The van der Waals surface area contributed by atoms with E-state index >= 15 is 0 Å². The Morgan fingerprint density at radius 2 is 1.75 bits per heavy atom. The van der Waals surface area contributed by atoms with E-state index in [0.717, 1.165) is 54.1 Å². The highest BCUT2D eigenvalue weighted by Crippen LogP contribution is 2.36. The summed E-state index contributed by atoms with van der Waals surface area (Å²) in [4.78, 5) is 26.4. The lowest BCUT2D eigenvalue weighted by atomic mass is 9.87. The van der Waals surface area contributed by atoms with Gasteiger partial charge in [0.15, 0.2) is 5.13 Å². The molecule has 0 radical (unpaired) electrons. The molecule has 4 heterocycles. The number of anilines is 2. The molecule has 1 saturated carbocycles. The van der Waals surface area contributed by atoms with Gasteiger partial charge in [-0.25, -0.2) is 18.4 Å². The third kappa shape index (κ3) is 6.01. The first kappa shape index (κ1) is 27.5. The van der Waals surface area contributed by atoms with Gasteiger partial charge in [0.25, 0.3) is 0 Å². The fourth-order valence-electron chi connectivity index (χ4n) is 5.90. The molecule has 10 nitrogen and oxygen atoms in total. The molecule has 3 aliphatic rings. The normalized spacial score (nSPS) is 20.1. The lowest BCUT2D eigenvalue weighted by molar-refractivity contribution is -0.118. The summed E-state index contributed by atoms with van der Waals surface area (Å²) in [6, 6.07) is 10.8. The number of carbonyl (C=O) groups excluding carboxylic acids is 1. The van der Waals surface area contributed by atoms with Crippen molar-refractivity contribution in [1.82, 2.24) is 19.6 Å². The van der Waals surface area contributed by atoms with Crippen LogP contribution >= 0.6 is 11.3 Å². The standard InChI is InChI=1S/C28H36N6O4S2/c35-26(32-28-30-24-9-10-25(31-27(24)39-28)33-15-17-38-18-16-33)23(19-20-3-1-2-4-20)21-5-7-22(8-6-21)40(36,37)34-13-11-29-12-14-34/h5-10,20,23,29H,1-4,11-19H2,(H,30,32,35)/t23-/m1/s1. The number of fused-ring (bicyclic) bond motifs is 1. The highest BCUT2D eigenvalue weighted by atomic mass is 32.2. The van der Waals surface area contributed by atoms with Crippen molar-refractivity contribution in [3.05, 3.63) is 42.0 Å². The second-order valence-electron chi connectivity index (χ2n) is 10.8. The Balaban J connectivity index is 1.21. The first-order chi connectivity index (χ1) is 19.5. The fourth-order valence-corrected chi connectivity index (χ4v) is 8.18. The Labute approximate surface area is 239 Å². The Morgan fingerprint density at radius 1 is 1.02 bits per heavy atom. The van der Waals surface area contributed by atoms with Crippen LogP contribution in [0.5, 0.6) is 0 Å². The molecule has 2 aromatic heterocycles. The second-order valence-corrected chi connectivity index (χ2v) is 13.7. The van der Waals surface area contributed by atoms with E-state index in [-0.39, 0.29) is 16.7 Å². The largest absolute Gasteiger partial charge is 0.378 e. The van der Waals surface area contributed by atoms with E-state index < -0.39 is 10.0 Å². The predicted octanol–water partition coefficient (Wildman–Crippen LogP) is 3.42. The summed E-state index contributed by atoms with van der Waals surface area (Å²) < 4.78 is 33.2. The summed E-state index contributed by atoms with van der Waals surface area (Å²) in [5.41, 5.74) is 1.59.